The smallest absolute Gasteiger partial charge is 0.0659 e. The fourth-order valence-corrected chi connectivity index (χ4v) is 3.87. The first-order chi connectivity index (χ1) is 14.8. The van der Waals surface area contributed by atoms with Crippen molar-refractivity contribution in [2.24, 2.45) is 0 Å². The van der Waals surface area contributed by atoms with Gasteiger partial charge < -0.3 is 9.97 Å². The number of rotatable bonds is 1. The Morgan fingerprint density at radius 2 is 1.13 bits per heavy atom. The van der Waals surface area contributed by atoms with Gasteiger partial charge in [0.15, 0.2) is 0 Å². The Hall–Kier alpha value is -3.44. The summed E-state index contributed by atoms with van der Waals surface area (Å²) in [6.45, 7) is 0. The second-order valence-corrected chi connectivity index (χ2v) is 7.45. The molecular weight excluding hydrogens is 476 g/mol. The Morgan fingerprint density at radius 3 is 1.84 bits per heavy atom. The predicted octanol–water partition coefficient (Wildman–Crippen LogP) is 6.32. The number of H-pyrrole nitrogens is 2. The van der Waals surface area contributed by atoms with Crippen LogP contribution in [0.1, 0.15) is 22.8 Å². The van der Waals surface area contributed by atoms with Gasteiger partial charge in [-0.2, -0.15) is 0 Å². The van der Waals surface area contributed by atoms with Gasteiger partial charge in [-0.25, -0.2) is 9.97 Å². The Balaban J connectivity index is 0.00000204. The molecule has 4 nitrogen and oxygen atoms in total. The van der Waals surface area contributed by atoms with E-state index in [1.54, 1.807) is 0 Å². The molecule has 0 atom stereocenters. The quantitative estimate of drug-likeness (QED) is 0.263. The molecule has 0 aliphatic carbocycles. The van der Waals surface area contributed by atoms with E-state index in [2.05, 4.69) is 69.5 Å². The summed E-state index contributed by atoms with van der Waals surface area (Å²) in [7, 11) is 0. The normalized spacial score (nSPS) is 12.0. The molecule has 0 fully saturated rings. The summed E-state index contributed by atoms with van der Waals surface area (Å²) >= 11 is 0. The van der Waals surface area contributed by atoms with Crippen LogP contribution in [0, 0.1) is 0 Å². The van der Waals surface area contributed by atoms with Crippen LogP contribution in [0.4, 0.5) is 0 Å². The summed E-state index contributed by atoms with van der Waals surface area (Å²) in [5.74, 6) is 0. The van der Waals surface area contributed by atoms with Crippen LogP contribution in [0.5, 0.6) is 0 Å². The maximum atomic E-state index is 4.76. The second kappa shape index (κ2) is 8.00. The van der Waals surface area contributed by atoms with Gasteiger partial charge in [0.2, 0.25) is 0 Å². The van der Waals surface area contributed by atoms with Crippen LogP contribution in [-0.4, -0.2) is 19.9 Å². The topological polar surface area (TPSA) is 57.4 Å². The standard InChI is InChI=1S/C26H18N4.Ag/c1-2-4-17(5-3-1)25-15-24-14-22-9-8-20(28-22)12-18-6-7-19(27-18)13-21-10-11-23(29-21)16-26(25)30-24;/h1-16,28,30H;. The molecule has 0 saturated carbocycles. The van der Waals surface area contributed by atoms with E-state index in [9.17, 15) is 0 Å². The second-order valence-electron chi connectivity index (χ2n) is 7.45. The molecule has 5 heteroatoms. The Morgan fingerprint density at radius 1 is 0.516 bits per heavy atom. The number of aromatic nitrogens is 4. The van der Waals surface area contributed by atoms with E-state index in [1.807, 2.05) is 42.5 Å². The first kappa shape index (κ1) is 19.5. The van der Waals surface area contributed by atoms with E-state index >= 15 is 0 Å². The third kappa shape index (κ3) is 3.97. The van der Waals surface area contributed by atoms with Gasteiger partial charge >= 0.3 is 0 Å². The van der Waals surface area contributed by atoms with Crippen LogP contribution in [0.2, 0.25) is 0 Å². The van der Waals surface area contributed by atoms with Crippen LogP contribution >= 0.6 is 0 Å². The molecule has 0 saturated heterocycles. The number of nitrogens with one attached hydrogen (secondary N) is 2. The minimum atomic E-state index is 0. The molecule has 31 heavy (non-hydrogen) atoms. The Labute approximate surface area is 194 Å². The van der Waals surface area contributed by atoms with Crippen LogP contribution < -0.4 is 0 Å². The van der Waals surface area contributed by atoms with E-state index in [-0.39, 0.29) is 22.4 Å². The third-order valence-corrected chi connectivity index (χ3v) is 5.25. The average Bonchev–Trinajstić information content (AvgIpc) is 3.53. The Bertz CT molecular complexity index is 1490. The van der Waals surface area contributed by atoms with Crippen molar-refractivity contribution >= 4 is 46.4 Å². The molecule has 8 bridgehead atoms. The number of benzene rings is 1. The number of aromatic amines is 2. The van der Waals surface area contributed by atoms with Crippen molar-refractivity contribution in [2.45, 2.75) is 0 Å². The predicted molar refractivity (Wildman–Crippen MR) is 124 cm³/mol. The van der Waals surface area contributed by atoms with Gasteiger partial charge in [0.05, 0.1) is 22.8 Å². The molecule has 4 aromatic rings. The molecule has 1 radical (unpaired) electrons. The fraction of sp³-hybridized carbons (Fsp3) is 0. The minimum absolute atomic E-state index is 0. The van der Waals surface area contributed by atoms with Crippen molar-refractivity contribution < 1.29 is 22.4 Å². The monoisotopic (exact) mass is 493 g/mol. The number of hydrogen-bond acceptors (Lipinski definition) is 2. The summed E-state index contributed by atoms with van der Waals surface area (Å²) < 4.78 is 0. The van der Waals surface area contributed by atoms with E-state index in [0.29, 0.717) is 0 Å². The van der Waals surface area contributed by atoms with E-state index in [4.69, 9.17) is 4.98 Å². The summed E-state index contributed by atoms with van der Waals surface area (Å²) in [6.07, 6.45) is 8.10. The van der Waals surface area contributed by atoms with Gasteiger partial charge in [0.25, 0.3) is 0 Å². The molecule has 0 spiro atoms. The molecular formula is C26H18AgN4. The van der Waals surface area contributed by atoms with Crippen LogP contribution in [0.25, 0.3) is 57.5 Å². The summed E-state index contributed by atoms with van der Waals surface area (Å²) in [4.78, 5) is 16.4. The first-order valence-corrected chi connectivity index (χ1v) is 9.92. The minimum Gasteiger partial charge on any atom is -0.355 e. The number of nitrogens with zero attached hydrogens (tertiary/aromatic N) is 2. The molecule has 3 aromatic heterocycles. The number of fused-ring (bicyclic) bond motifs is 8. The molecule has 1 aromatic carbocycles. The van der Waals surface area contributed by atoms with Crippen LogP contribution in [0.15, 0.2) is 72.8 Å². The van der Waals surface area contributed by atoms with Crippen molar-refractivity contribution in [3.8, 4) is 11.1 Å². The molecule has 2 aliphatic heterocycles. The zero-order valence-electron chi connectivity index (χ0n) is 16.4. The van der Waals surface area contributed by atoms with Crippen molar-refractivity contribution in [3.63, 3.8) is 0 Å². The zero-order chi connectivity index (χ0) is 19.9. The number of hydrogen-bond donors (Lipinski definition) is 2. The van der Waals surface area contributed by atoms with Crippen LogP contribution in [-0.2, 0) is 22.4 Å². The maximum Gasteiger partial charge on any atom is 0.0659 e. The van der Waals surface area contributed by atoms with E-state index < -0.39 is 0 Å². The van der Waals surface area contributed by atoms with Crippen molar-refractivity contribution in [2.75, 3.05) is 0 Å². The van der Waals surface area contributed by atoms with Gasteiger partial charge in [0, 0.05) is 50.0 Å². The van der Waals surface area contributed by atoms with Gasteiger partial charge in [-0.3, -0.25) is 0 Å². The fourth-order valence-electron chi connectivity index (χ4n) is 3.87. The Kier molecular flexibility index (Phi) is 5.04. The molecule has 0 amide bonds. The van der Waals surface area contributed by atoms with E-state index in [0.717, 1.165) is 50.4 Å². The molecule has 2 aliphatic rings. The van der Waals surface area contributed by atoms with Crippen LogP contribution in [0.3, 0.4) is 0 Å². The van der Waals surface area contributed by atoms with Crippen molar-refractivity contribution in [1.29, 1.82) is 0 Å². The van der Waals surface area contributed by atoms with Crippen molar-refractivity contribution in [1.82, 2.24) is 19.9 Å². The maximum absolute atomic E-state index is 4.76. The van der Waals surface area contributed by atoms with Crippen molar-refractivity contribution in [3.05, 3.63) is 95.6 Å². The van der Waals surface area contributed by atoms with Gasteiger partial charge in [-0.15, -0.1) is 0 Å². The van der Waals surface area contributed by atoms with Gasteiger partial charge in [-0.1, -0.05) is 30.3 Å². The zero-order valence-corrected chi connectivity index (χ0v) is 17.9. The average molecular weight is 494 g/mol. The van der Waals surface area contributed by atoms with E-state index in [1.165, 1.54) is 5.56 Å². The van der Waals surface area contributed by atoms with Gasteiger partial charge in [0.1, 0.15) is 0 Å². The third-order valence-electron chi connectivity index (χ3n) is 5.25. The summed E-state index contributed by atoms with van der Waals surface area (Å²) in [5, 5.41) is 0. The summed E-state index contributed by atoms with van der Waals surface area (Å²) in [6, 6.07) is 25.0. The molecule has 6 rings (SSSR count). The largest absolute Gasteiger partial charge is 0.355 e. The van der Waals surface area contributed by atoms with Gasteiger partial charge in [-0.05, 0) is 72.3 Å². The molecule has 0 unspecified atom stereocenters. The molecule has 2 N–H and O–H groups in total. The summed E-state index contributed by atoms with van der Waals surface area (Å²) in [5.41, 5.74) is 10.1. The first-order valence-electron chi connectivity index (χ1n) is 9.92. The molecule has 153 valence electrons. The molecule has 5 heterocycles. The SMILES string of the molecule is C1=Cc2cc3ccc(cc4cc(-c5ccccc5)c(cc5nc(cc1n2)C=C5)[nH]4)[nH]3.[Ag].